The number of halogens is 3. The molecule has 0 fully saturated rings. The molecule has 5 nitrogen and oxygen atoms in total. The monoisotopic (exact) mass is 540 g/mol. The number of terminal acetylenes is 1. The zero-order chi connectivity index (χ0) is 21.4. The molecule has 0 saturated carbocycles. The predicted octanol–water partition coefficient (Wildman–Crippen LogP) is 5.55. The molecule has 0 bridgehead atoms. The van der Waals surface area contributed by atoms with Crippen molar-refractivity contribution < 1.29 is 14.3 Å². The molecule has 0 aromatic heterocycles. The quantitative estimate of drug-likeness (QED) is 0.216. The minimum Gasteiger partial charge on any atom is -0.490 e. The molecular weight excluding hydrogens is 526 g/mol. The highest BCUT2D eigenvalue weighted by Crippen LogP contribution is 2.35. The number of ether oxygens (including phenoxy) is 2. The Kier molecular flexibility index (Phi) is 8.66. The van der Waals surface area contributed by atoms with Gasteiger partial charge in [0, 0.05) is 0 Å². The lowest BCUT2D eigenvalue weighted by Crippen LogP contribution is -2.13. The fourth-order valence-electron chi connectivity index (χ4n) is 2.29. The maximum absolute atomic E-state index is 12.5. The van der Waals surface area contributed by atoms with Crippen LogP contribution in [-0.2, 0) is 4.79 Å². The smallest absolute Gasteiger partial charge is 0.266 e. The van der Waals surface area contributed by atoms with Gasteiger partial charge in [-0.25, -0.2) is 0 Å². The summed E-state index contributed by atoms with van der Waals surface area (Å²) in [6.07, 6.45) is 6.70. The predicted molar refractivity (Wildman–Crippen MR) is 123 cm³/mol. The highest BCUT2D eigenvalue weighted by Gasteiger charge is 2.15. The van der Waals surface area contributed by atoms with Crippen LogP contribution < -0.4 is 14.8 Å². The van der Waals surface area contributed by atoms with E-state index in [-0.39, 0.29) is 17.2 Å². The van der Waals surface area contributed by atoms with Crippen molar-refractivity contribution in [1.82, 2.24) is 0 Å². The average Bonchev–Trinajstić information content (AvgIpc) is 2.69. The van der Waals surface area contributed by atoms with Gasteiger partial charge in [-0.15, -0.1) is 6.42 Å². The Balaban J connectivity index is 2.36. The molecule has 0 aliphatic carbocycles. The van der Waals surface area contributed by atoms with Crippen LogP contribution in [0.3, 0.4) is 0 Å². The number of amides is 1. The zero-order valence-corrected chi connectivity index (χ0v) is 18.9. The Morgan fingerprint density at radius 1 is 1.34 bits per heavy atom. The molecule has 2 aromatic rings. The number of carbonyl (C=O) groups is 1. The van der Waals surface area contributed by atoms with E-state index in [4.69, 9.17) is 39.1 Å². The number of carbonyl (C=O) groups excluding carboxylic acids is 1. The summed E-state index contributed by atoms with van der Waals surface area (Å²) in [7, 11) is 0. The van der Waals surface area contributed by atoms with E-state index < -0.39 is 5.91 Å². The Morgan fingerprint density at radius 2 is 2.10 bits per heavy atom. The van der Waals surface area contributed by atoms with Gasteiger partial charge >= 0.3 is 0 Å². The number of rotatable bonds is 7. The molecule has 2 aromatic carbocycles. The molecule has 0 spiro atoms. The molecule has 29 heavy (non-hydrogen) atoms. The molecule has 2 rings (SSSR count). The Hall–Kier alpha value is -2.39. The second kappa shape index (κ2) is 11.0. The van der Waals surface area contributed by atoms with Crippen LogP contribution in [-0.4, -0.2) is 19.1 Å². The first-order chi connectivity index (χ1) is 13.9. The van der Waals surface area contributed by atoms with Crippen LogP contribution in [0.2, 0.25) is 10.0 Å². The maximum atomic E-state index is 12.5. The lowest BCUT2D eigenvalue weighted by atomic mass is 10.1. The Morgan fingerprint density at radius 3 is 2.76 bits per heavy atom. The molecular formula is C21H15Cl2IN2O3. The van der Waals surface area contributed by atoms with Gasteiger partial charge in [-0.3, -0.25) is 4.79 Å². The first-order valence-corrected chi connectivity index (χ1v) is 10.1. The summed E-state index contributed by atoms with van der Waals surface area (Å²) in [6, 6.07) is 10.2. The van der Waals surface area contributed by atoms with Crippen molar-refractivity contribution >= 4 is 63.5 Å². The first kappa shape index (κ1) is 22.9. The third-order valence-corrected chi connectivity index (χ3v) is 5.13. The van der Waals surface area contributed by atoms with E-state index in [2.05, 4.69) is 33.8 Å². The highest BCUT2D eigenvalue weighted by molar-refractivity contribution is 14.1. The van der Waals surface area contributed by atoms with Crippen LogP contribution in [0.1, 0.15) is 12.5 Å². The van der Waals surface area contributed by atoms with Gasteiger partial charge in [0.2, 0.25) is 0 Å². The SMILES string of the molecule is C#CCOc1c(I)cc(/C=C(/C#N)C(=O)Nc2cccc(Cl)c2Cl)cc1OCC. The number of nitrogens with zero attached hydrogens (tertiary/aromatic N) is 1. The van der Waals surface area contributed by atoms with Gasteiger partial charge in [0.05, 0.1) is 25.9 Å². The van der Waals surface area contributed by atoms with E-state index in [9.17, 15) is 10.1 Å². The number of nitriles is 1. The highest BCUT2D eigenvalue weighted by atomic mass is 127. The molecule has 1 amide bonds. The molecule has 148 valence electrons. The molecule has 0 aliphatic heterocycles. The third kappa shape index (κ3) is 6.04. The Labute approximate surface area is 192 Å². The van der Waals surface area contributed by atoms with E-state index in [1.54, 1.807) is 30.3 Å². The summed E-state index contributed by atoms with van der Waals surface area (Å²) in [5.74, 6) is 2.77. The summed E-state index contributed by atoms with van der Waals surface area (Å²) in [4.78, 5) is 12.5. The molecule has 0 aliphatic rings. The molecule has 0 heterocycles. The van der Waals surface area contributed by atoms with Gasteiger partial charge in [0.15, 0.2) is 11.5 Å². The van der Waals surface area contributed by atoms with Crippen molar-refractivity contribution in [3.63, 3.8) is 0 Å². The van der Waals surface area contributed by atoms with E-state index in [0.29, 0.717) is 34.4 Å². The van der Waals surface area contributed by atoms with E-state index >= 15 is 0 Å². The molecule has 0 radical (unpaired) electrons. The number of hydrogen-bond donors (Lipinski definition) is 1. The summed E-state index contributed by atoms with van der Waals surface area (Å²) in [5, 5.41) is 12.5. The number of benzene rings is 2. The minimum atomic E-state index is -0.614. The van der Waals surface area contributed by atoms with Gasteiger partial charge in [0.1, 0.15) is 18.2 Å². The van der Waals surface area contributed by atoms with E-state index in [1.165, 1.54) is 6.08 Å². The number of hydrogen-bond acceptors (Lipinski definition) is 4. The summed E-state index contributed by atoms with van der Waals surface area (Å²) < 4.78 is 11.9. The number of nitrogens with one attached hydrogen (secondary N) is 1. The zero-order valence-electron chi connectivity index (χ0n) is 15.3. The van der Waals surface area contributed by atoms with Crippen molar-refractivity contribution in [2.45, 2.75) is 6.92 Å². The molecule has 1 N–H and O–H groups in total. The Bertz CT molecular complexity index is 1040. The molecule has 0 atom stereocenters. The molecule has 0 saturated heterocycles. The van der Waals surface area contributed by atoms with E-state index in [0.717, 1.165) is 3.57 Å². The fraction of sp³-hybridized carbons (Fsp3) is 0.143. The summed E-state index contributed by atoms with van der Waals surface area (Å²) >= 11 is 14.1. The largest absolute Gasteiger partial charge is 0.490 e. The van der Waals surface area contributed by atoms with Crippen molar-refractivity contribution in [2.75, 3.05) is 18.5 Å². The van der Waals surface area contributed by atoms with Crippen molar-refractivity contribution in [3.8, 4) is 29.9 Å². The van der Waals surface area contributed by atoms with E-state index in [1.807, 2.05) is 13.0 Å². The standard InChI is InChI=1S/C21H15Cl2IN2O3/c1-3-8-29-20-16(24)10-13(11-18(20)28-4-2)9-14(12-25)21(27)26-17-7-5-6-15(22)19(17)23/h1,5-7,9-11H,4,8H2,2H3,(H,26,27)/b14-9-. The van der Waals surface area contributed by atoms with Crippen LogP contribution in [0.4, 0.5) is 5.69 Å². The van der Waals surface area contributed by atoms with Crippen LogP contribution in [0.15, 0.2) is 35.9 Å². The van der Waals surface area contributed by atoms with Crippen LogP contribution in [0.25, 0.3) is 6.08 Å². The van der Waals surface area contributed by atoms with Crippen molar-refractivity contribution in [3.05, 3.63) is 55.1 Å². The fourth-order valence-corrected chi connectivity index (χ4v) is 3.42. The topological polar surface area (TPSA) is 71.3 Å². The van der Waals surface area contributed by atoms with Crippen molar-refractivity contribution in [2.24, 2.45) is 0 Å². The second-order valence-electron chi connectivity index (χ2n) is 5.48. The molecule has 0 unspecified atom stereocenters. The third-order valence-electron chi connectivity index (χ3n) is 3.51. The molecule has 8 heteroatoms. The minimum absolute atomic E-state index is 0.0947. The second-order valence-corrected chi connectivity index (χ2v) is 7.43. The van der Waals surface area contributed by atoms with Crippen molar-refractivity contribution in [1.29, 1.82) is 5.26 Å². The van der Waals surface area contributed by atoms with Gasteiger partial charge in [-0.2, -0.15) is 5.26 Å². The first-order valence-electron chi connectivity index (χ1n) is 8.31. The average molecular weight is 541 g/mol. The van der Waals surface area contributed by atoms with Gasteiger partial charge in [0.25, 0.3) is 5.91 Å². The van der Waals surface area contributed by atoms with Gasteiger partial charge in [-0.05, 0) is 65.4 Å². The summed E-state index contributed by atoms with van der Waals surface area (Å²) in [6.45, 7) is 2.34. The van der Waals surface area contributed by atoms with Crippen LogP contribution in [0.5, 0.6) is 11.5 Å². The maximum Gasteiger partial charge on any atom is 0.266 e. The van der Waals surface area contributed by atoms with Gasteiger partial charge < -0.3 is 14.8 Å². The van der Waals surface area contributed by atoms with Crippen LogP contribution in [0, 0.1) is 27.2 Å². The number of anilines is 1. The lowest BCUT2D eigenvalue weighted by Gasteiger charge is -2.13. The lowest BCUT2D eigenvalue weighted by molar-refractivity contribution is -0.112. The normalized spacial score (nSPS) is 10.6. The van der Waals surface area contributed by atoms with Crippen LogP contribution >= 0.6 is 45.8 Å². The summed E-state index contributed by atoms with van der Waals surface area (Å²) in [5.41, 5.74) is 0.791. The van der Waals surface area contributed by atoms with Gasteiger partial charge in [-0.1, -0.05) is 35.2 Å².